The fraction of sp³-hybridized carbons (Fsp3) is 0.364. The Hall–Kier alpha value is -1.15. The van der Waals surface area contributed by atoms with Crippen LogP contribution in [0, 0.1) is 0 Å². The molecule has 0 aromatic heterocycles. The number of likely N-dealkylation sites (N-methyl/N-ethyl adjacent to an activating group) is 1. The number of hydrogen-bond acceptors (Lipinski definition) is 2. The fourth-order valence-corrected chi connectivity index (χ4v) is 1.17. The van der Waals surface area contributed by atoms with E-state index in [4.69, 9.17) is 0 Å². The number of hydrogen-bond donors (Lipinski definition) is 0. The van der Waals surface area contributed by atoms with E-state index in [1.54, 1.807) is 0 Å². The van der Waals surface area contributed by atoms with Gasteiger partial charge in [-0.3, -0.25) is 9.69 Å². The Bertz CT molecular complexity index is 256. The van der Waals surface area contributed by atoms with E-state index in [9.17, 15) is 4.79 Å². The summed E-state index contributed by atoms with van der Waals surface area (Å²) in [5.74, 6) is 0. The van der Waals surface area contributed by atoms with Crippen LogP contribution in [0.4, 0.5) is 0 Å². The summed E-state index contributed by atoms with van der Waals surface area (Å²) in [6.45, 7) is 0. The van der Waals surface area contributed by atoms with Gasteiger partial charge in [0.05, 0.1) is 6.04 Å². The summed E-state index contributed by atoms with van der Waals surface area (Å²) in [7, 11) is 3.77. The van der Waals surface area contributed by atoms with E-state index in [1.807, 2.05) is 55.6 Å². The average molecular weight is 176 g/mol. The molecule has 0 amide bonds. The summed E-state index contributed by atoms with van der Waals surface area (Å²) in [5.41, 5.74) is 1.17. The topological polar surface area (TPSA) is 20.3 Å². The maximum atomic E-state index is 10.6. The van der Waals surface area contributed by atoms with E-state index < -0.39 is 0 Å². The molecule has 0 unspecified atom stereocenters. The van der Waals surface area contributed by atoms with Crippen LogP contribution in [0.2, 0.25) is 0 Å². The molecule has 0 aliphatic heterocycles. The zero-order valence-electron chi connectivity index (χ0n) is 8.03. The van der Waals surface area contributed by atoms with Crippen molar-refractivity contribution in [2.24, 2.45) is 0 Å². The zero-order valence-corrected chi connectivity index (χ0v) is 8.03. The van der Waals surface area contributed by atoms with Crippen LogP contribution in [-0.2, 0) is 11.2 Å². The monoisotopic (exact) mass is 176 g/mol. The first-order chi connectivity index (χ1) is 6.24. The molecule has 1 rings (SSSR count). The second kappa shape index (κ2) is 4.77. The van der Waals surface area contributed by atoms with Gasteiger partial charge in [0.2, 0.25) is 6.29 Å². The predicted octanol–water partition coefficient (Wildman–Crippen LogP) is 1.27. The van der Waals surface area contributed by atoms with Crippen molar-refractivity contribution >= 4 is 6.29 Å². The van der Waals surface area contributed by atoms with Gasteiger partial charge in [0.25, 0.3) is 0 Å². The lowest BCUT2D eigenvalue weighted by Crippen LogP contribution is -2.31. The molecule has 0 fully saturated rings. The van der Waals surface area contributed by atoms with Crippen LogP contribution in [0.25, 0.3) is 0 Å². The number of carbonyl (C=O) groups excluding carboxylic acids is 1. The normalized spacial score (nSPS) is 12.8. The molecule has 0 aliphatic rings. The average Bonchev–Trinajstić information content (AvgIpc) is 2.15. The van der Waals surface area contributed by atoms with E-state index in [0.29, 0.717) is 0 Å². The molecule has 2 heteroatoms. The van der Waals surface area contributed by atoms with E-state index in [-0.39, 0.29) is 6.04 Å². The molecular formula is C11H14NO. The van der Waals surface area contributed by atoms with Gasteiger partial charge in [-0.05, 0) is 26.1 Å². The largest absolute Gasteiger partial charge is 0.299 e. The number of nitrogens with zero attached hydrogens (tertiary/aromatic N) is 1. The SMILES string of the molecule is CN(C)[C@H]([C]=O)Cc1ccccc1. The number of benzene rings is 1. The summed E-state index contributed by atoms with van der Waals surface area (Å²) in [6, 6.07) is 9.84. The van der Waals surface area contributed by atoms with Crippen molar-refractivity contribution in [3.8, 4) is 0 Å². The molecule has 1 aromatic carbocycles. The van der Waals surface area contributed by atoms with Crippen molar-refractivity contribution in [2.45, 2.75) is 12.5 Å². The molecule has 0 saturated heterocycles. The molecule has 0 saturated carbocycles. The smallest absolute Gasteiger partial charge is 0.217 e. The van der Waals surface area contributed by atoms with Crippen molar-refractivity contribution < 1.29 is 4.79 Å². The van der Waals surface area contributed by atoms with Crippen molar-refractivity contribution in [3.05, 3.63) is 35.9 Å². The first-order valence-electron chi connectivity index (χ1n) is 4.32. The van der Waals surface area contributed by atoms with E-state index in [0.717, 1.165) is 6.42 Å². The lowest BCUT2D eigenvalue weighted by Gasteiger charge is -2.17. The van der Waals surface area contributed by atoms with Crippen LogP contribution in [0.3, 0.4) is 0 Å². The van der Waals surface area contributed by atoms with Crippen molar-refractivity contribution in [3.63, 3.8) is 0 Å². The molecule has 1 atom stereocenters. The quantitative estimate of drug-likeness (QED) is 0.688. The lowest BCUT2D eigenvalue weighted by molar-refractivity contribution is 0.346. The first-order valence-corrected chi connectivity index (χ1v) is 4.32. The minimum atomic E-state index is -0.137. The van der Waals surface area contributed by atoms with Crippen LogP contribution in [-0.4, -0.2) is 31.3 Å². The Morgan fingerprint density at radius 3 is 2.38 bits per heavy atom. The Balaban J connectivity index is 2.62. The molecular weight excluding hydrogens is 162 g/mol. The maximum Gasteiger partial charge on any atom is 0.217 e. The molecule has 0 N–H and O–H groups in total. The molecule has 2 nitrogen and oxygen atoms in total. The van der Waals surface area contributed by atoms with Gasteiger partial charge in [-0.2, -0.15) is 0 Å². The van der Waals surface area contributed by atoms with Gasteiger partial charge in [-0.15, -0.1) is 0 Å². The Labute approximate surface area is 79.2 Å². The molecule has 69 valence electrons. The zero-order chi connectivity index (χ0) is 9.68. The molecule has 0 spiro atoms. The molecule has 1 radical (unpaired) electrons. The van der Waals surface area contributed by atoms with Crippen LogP contribution < -0.4 is 0 Å². The Kier molecular flexibility index (Phi) is 3.65. The highest BCUT2D eigenvalue weighted by Gasteiger charge is 2.10. The standard InChI is InChI=1S/C11H14NO/c1-12(2)11(9-13)8-10-6-4-3-5-7-10/h3-7,11H,8H2,1-2H3/t11-/m0/s1. The van der Waals surface area contributed by atoms with Gasteiger partial charge < -0.3 is 0 Å². The second-order valence-electron chi connectivity index (χ2n) is 3.29. The summed E-state index contributed by atoms with van der Waals surface area (Å²) < 4.78 is 0. The highest BCUT2D eigenvalue weighted by molar-refractivity contribution is 5.59. The van der Waals surface area contributed by atoms with Gasteiger partial charge in [-0.25, -0.2) is 0 Å². The Morgan fingerprint density at radius 1 is 1.31 bits per heavy atom. The van der Waals surface area contributed by atoms with Gasteiger partial charge in [0.1, 0.15) is 0 Å². The predicted molar refractivity (Wildman–Crippen MR) is 53.3 cm³/mol. The first kappa shape index (κ1) is 9.93. The number of rotatable bonds is 4. The molecule has 13 heavy (non-hydrogen) atoms. The lowest BCUT2D eigenvalue weighted by atomic mass is 10.1. The third kappa shape index (κ3) is 2.99. The van der Waals surface area contributed by atoms with Crippen LogP contribution in [0.5, 0.6) is 0 Å². The second-order valence-corrected chi connectivity index (χ2v) is 3.29. The summed E-state index contributed by atoms with van der Waals surface area (Å²) in [5, 5.41) is 0. The van der Waals surface area contributed by atoms with Crippen molar-refractivity contribution in [1.82, 2.24) is 4.90 Å². The molecule has 1 aromatic rings. The third-order valence-corrected chi connectivity index (χ3v) is 2.03. The minimum absolute atomic E-state index is 0.137. The van der Waals surface area contributed by atoms with Gasteiger partial charge in [0, 0.05) is 0 Å². The summed E-state index contributed by atoms with van der Waals surface area (Å²) in [4.78, 5) is 12.5. The van der Waals surface area contributed by atoms with Gasteiger partial charge in [-0.1, -0.05) is 30.3 Å². The highest BCUT2D eigenvalue weighted by Crippen LogP contribution is 2.04. The van der Waals surface area contributed by atoms with Crippen LogP contribution in [0.1, 0.15) is 5.56 Å². The third-order valence-electron chi connectivity index (χ3n) is 2.03. The van der Waals surface area contributed by atoms with Crippen LogP contribution >= 0.6 is 0 Å². The molecule has 0 aliphatic carbocycles. The van der Waals surface area contributed by atoms with Crippen LogP contribution in [0.15, 0.2) is 30.3 Å². The van der Waals surface area contributed by atoms with Crippen molar-refractivity contribution in [1.29, 1.82) is 0 Å². The highest BCUT2D eigenvalue weighted by atomic mass is 16.1. The summed E-state index contributed by atoms with van der Waals surface area (Å²) in [6.07, 6.45) is 2.76. The molecule has 0 heterocycles. The van der Waals surface area contributed by atoms with E-state index in [2.05, 4.69) is 0 Å². The Morgan fingerprint density at radius 2 is 1.92 bits per heavy atom. The summed E-state index contributed by atoms with van der Waals surface area (Å²) >= 11 is 0. The fourth-order valence-electron chi connectivity index (χ4n) is 1.17. The van der Waals surface area contributed by atoms with Gasteiger partial charge >= 0.3 is 0 Å². The maximum absolute atomic E-state index is 10.6. The minimum Gasteiger partial charge on any atom is -0.299 e. The van der Waals surface area contributed by atoms with Crippen molar-refractivity contribution in [2.75, 3.05) is 14.1 Å². The van der Waals surface area contributed by atoms with Gasteiger partial charge in [0.15, 0.2) is 0 Å². The van der Waals surface area contributed by atoms with E-state index >= 15 is 0 Å². The van der Waals surface area contributed by atoms with E-state index in [1.165, 1.54) is 5.56 Å². The molecule has 0 bridgehead atoms.